The second kappa shape index (κ2) is 10.7. The van der Waals surface area contributed by atoms with Gasteiger partial charge in [-0.25, -0.2) is 9.59 Å². The van der Waals surface area contributed by atoms with Gasteiger partial charge in [-0.2, -0.15) is 0 Å². The van der Waals surface area contributed by atoms with Crippen LogP contribution in [0.25, 0.3) is 11.1 Å². The van der Waals surface area contributed by atoms with Gasteiger partial charge in [-0.15, -0.1) is 0 Å². The van der Waals surface area contributed by atoms with Crippen molar-refractivity contribution in [1.82, 2.24) is 5.32 Å². The summed E-state index contributed by atoms with van der Waals surface area (Å²) in [4.78, 5) is 30.4. The van der Waals surface area contributed by atoms with E-state index in [0.29, 0.717) is 16.8 Å². The maximum Gasteiger partial charge on any atom is 0.414 e. The molecule has 7 nitrogen and oxygen atoms in total. The molecule has 0 saturated carbocycles. The first-order valence-corrected chi connectivity index (χ1v) is 13.6. The van der Waals surface area contributed by atoms with Gasteiger partial charge in [0.25, 0.3) is 0 Å². The third-order valence-corrected chi connectivity index (χ3v) is 7.44. The Kier molecular flexibility index (Phi) is 7.36. The number of hydrogen-bond acceptors (Lipinski definition) is 6. The Hall–Kier alpha value is -3.84. The monoisotopic (exact) mass is 527 g/mol. The van der Waals surface area contributed by atoms with E-state index in [-0.39, 0.29) is 12.5 Å². The standard InChI is InChI=1S/C32H37N3O4/c1-21-27(30(36)39-32(2,3)4)18-22(35-16-14-33-15-17-35)19-29(21)34(5)31(37)38-20-28-25-12-8-6-10-23(25)24-11-7-9-13-26(24)28/h6-13,18-19,28,33H,14-17,20H2,1-5H3. The van der Waals surface area contributed by atoms with E-state index in [1.54, 1.807) is 7.05 Å². The van der Waals surface area contributed by atoms with Crippen LogP contribution in [0.2, 0.25) is 0 Å². The summed E-state index contributed by atoms with van der Waals surface area (Å²) in [5.74, 6) is -0.431. The zero-order valence-corrected chi connectivity index (χ0v) is 23.4. The number of nitrogens with one attached hydrogen (secondary N) is 1. The van der Waals surface area contributed by atoms with Crippen molar-refractivity contribution in [1.29, 1.82) is 0 Å². The summed E-state index contributed by atoms with van der Waals surface area (Å²) in [5, 5.41) is 3.36. The topological polar surface area (TPSA) is 71.1 Å². The fourth-order valence-corrected chi connectivity index (χ4v) is 5.47. The number of esters is 1. The first kappa shape index (κ1) is 26.8. The van der Waals surface area contributed by atoms with E-state index in [9.17, 15) is 9.59 Å². The third-order valence-electron chi connectivity index (χ3n) is 7.44. The lowest BCUT2D eigenvalue weighted by Gasteiger charge is -2.32. The molecule has 1 heterocycles. The highest BCUT2D eigenvalue weighted by Crippen LogP contribution is 2.44. The maximum atomic E-state index is 13.4. The summed E-state index contributed by atoms with van der Waals surface area (Å²) >= 11 is 0. The fourth-order valence-electron chi connectivity index (χ4n) is 5.47. The van der Waals surface area contributed by atoms with Crippen LogP contribution in [0.3, 0.4) is 0 Å². The number of piperazine rings is 1. The Morgan fingerprint density at radius 1 is 0.974 bits per heavy atom. The molecule has 39 heavy (non-hydrogen) atoms. The molecule has 204 valence electrons. The molecule has 1 fully saturated rings. The lowest BCUT2D eigenvalue weighted by atomic mass is 9.98. The lowest BCUT2D eigenvalue weighted by Crippen LogP contribution is -2.43. The minimum atomic E-state index is -0.632. The number of hydrogen-bond donors (Lipinski definition) is 1. The minimum absolute atomic E-state index is 0.0274. The van der Waals surface area contributed by atoms with E-state index in [1.807, 2.05) is 64.1 Å². The van der Waals surface area contributed by atoms with Crippen molar-refractivity contribution in [3.8, 4) is 11.1 Å². The Balaban J connectivity index is 1.41. The number of fused-ring (bicyclic) bond motifs is 3. The van der Waals surface area contributed by atoms with Crippen molar-refractivity contribution >= 4 is 23.4 Å². The van der Waals surface area contributed by atoms with Gasteiger partial charge in [-0.1, -0.05) is 48.5 Å². The first-order valence-electron chi connectivity index (χ1n) is 13.6. The average Bonchev–Trinajstić information content (AvgIpc) is 3.24. The van der Waals surface area contributed by atoms with Crippen LogP contribution < -0.4 is 15.1 Å². The molecule has 0 spiro atoms. The van der Waals surface area contributed by atoms with Gasteiger partial charge in [0.2, 0.25) is 0 Å². The van der Waals surface area contributed by atoms with Gasteiger partial charge in [-0.05, 0) is 67.6 Å². The number of benzene rings is 3. The molecule has 1 aliphatic carbocycles. The molecule has 3 aromatic carbocycles. The zero-order chi connectivity index (χ0) is 27.7. The quantitative estimate of drug-likeness (QED) is 0.427. The minimum Gasteiger partial charge on any atom is -0.456 e. The second-order valence-corrected chi connectivity index (χ2v) is 11.2. The number of ether oxygens (including phenoxy) is 2. The summed E-state index contributed by atoms with van der Waals surface area (Å²) in [7, 11) is 1.70. The Morgan fingerprint density at radius 2 is 1.56 bits per heavy atom. The molecular weight excluding hydrogens is 490 g/mol. The van der Waals surface area contributed by atoms with Crippen LogP contribution in [0.4, 0.5) is 16.2 Å². The van der Waals surface area contributed by atoms with Crippen molar-refractivity contribution in [2.75, 3.05) is 49.6 Å². The lowest BCUT2D eigenvalue weighted by molar-refractivity contribution is 0.00686. The van der Waals surface area contributed by atoms with Gasteiger partial charge < -0.3 is 19.7 Å². The summed E-state index contributed by atoms with van der Waals surface area (Å²) in [6.45, 7) is 11.0. The van der Waals surface area contributed by atoms with E-state index >= 15 is 0 Å². The van der Waals surface area contributed by atoms with Crippen LogP contribution >= 0.6 is 0 Å². The molecule has 0 atom stereocenters. The highest BCUT2D eigenvalue weighted by molar-refractivity contribution is 5.98. The van der Waals surface area contributed by atoms with Crippen LogP contribution in [0.15, 0.2) is 60.7 Å². The molecule has 2 aliphatic rings. The van der Waals surface area contributed by atoms with Gasteiger partial charge in [0, 0.05) is 44.8 Å². The summed E-state index contributed by atoms with van der Waals surface area (Å²) < 4.78 is 11.6. The van der Waals surface area contributed by atoms with Gasteiger partial charge in [-0.3, -0.25) is 4.90 Å². The Bertz CT molecular complexity index is 1340. The highest BCUT2D eigenvalue weighted by Gasteiger charge is 2.30. The van der Waals surface area contributed by atoms with Crippen molar-refractivity contribution in [2.24, 2.45) is 0 Å². The number of anilines is 2. The zero-order valence-electron chi connectivity index (χ0n) is 23.4. The molecule has 7 heteroatoms. The first-order chi connectivity index (χ1) is 18.6. The Morgan fingerprint density at radius 3 is 2.15 bits per heavy atom. The van der Waals surface area contributed by atoms with Gasteiger partial charge >= 0.3 is 12.1 Å². The second-order valence-electron chi connectivity index (χ2n) is 11.2. The predicted molar refractivity (Wildman–Crippen MR) is 155 cm³/mol. The molecule has 0 unspecified atom stereocenters. The molecular formula is C32H37N3O4. The van der Waals surface area contributed by atoms with E-state index in [4.69, 9.17) is 9.47 Å². The van der Waals surface area contributed by atoms with Crippen molar-refractivity contribution in [3.63, 3.8) is 0 Å². The van der Waals surface area contributed by atoms with Crippen LogP contribution in [-0.2, 0) is 9.47 Å². The molecule has 1 aliphatic heterocycles. The van der Waals surface area contributed by atoms with Gasteiger partial charge in [0.1, 0.15) is 12.2 Å². The molecule has 0 radical (unpaired) electrons. The molecule has 1 saturated heterocycles. The van der Waals surface area contributed by atoms with Crippen molar-refractivity contribution in [3.05, 3.63) is 82.9 Å². The molecule has 0 aromatic heterocycles. The van der Waals surface area contributed by atoms with E-state index in [1.165, 1.54) is 27.2 Å². The summed E-state index contributed by atoms with van der Waals surface area (Å²) in [5.41, 5.74) is 6.71. The van der Waals surface area contributed by atoms with Crippen LogP contribution in [-0.4, -0.2) is 57.5 Å². The number of rotatable bonds is 5. The number of carbonyl (C=O) groups excluding carboxylic acids is 2. The fraction of sp³-hybridized carbons (Fsp3) is 0.375. The van der Waals surface area contributed by atoms with Crippen molar-refractivity contribution in [2.45, 2.75) is 39.2 Å². The predicted octanol–water partition coefficient (Wildman–Crippen LogP) is 5.75. The van der Waals surface area contributed by atoms with E-state index < -0.39 is 17.7 Å². The molecule has 1 amide bonds. The largest absolute Gasteiger partial charge is 0.456 e. The highest BCUT2D eigenvalue weighted by atomic mass is 16.6. The van der Waals surface area contributed by atoms with Gasteiger partial charge in [0.15, 0.2) is 0 Å². The van der Waals surface area contributed by atoms with E-state index in [2.05, 4.69) is 34.5 Å². The van der Waals surface area contributed by atoms with E-state index in [0.717, 1.165) is 31.9 Å². The normalized spacial score (nSPS) is 14.9. The summed E-state index contributed by atoms with van der Waals surface area (Å²) in [6, 6.07) is 20.4. The average molecular weight is 528 g/mol. The SMILES string of the molecule is Cc1c(C(=O)OC(C)(C)C)cc(N2CCNCC2)cc1N(C)C(=O)OCC1c2ccccc2-c2ccccc21. The van der Waals surface area contributed by atoms with Crippen LogP contribution in [0.5, 0.6) is 0 Å². The maximum absolute atomic E-state index is 13.4. The van der Waals surface area contributed by atoms with Crippen LogP contribution in [0, 0.1) is 6.92 Å². The van der Waals surface area contributed by atoms with Gasteiger partial charge in [0.05, 0.1) is 11.3 Å². The smallest absolute Gasteiger partial charge is 0.414 e. The Labute approximate surface area is 230 Å². The molecule has 1 N–H and O–H groups in total. The summed E-state index contributed by atoms with van der Waals surface area (Å²) in [6.07, 6.45) is -0.465. The molecule has 0 bridgehead atoms. The number of carbonyl (C=O) groups is 2. The number of amides is 1. The van der Waals surface area contributed by atoms with Crippen molar-refractivity contribution < 1.29 is 19.1 Å². The molecule has 5 rings (SSSR count). The van der Waals surface area contributed by atoms with Crippen LogP contribution in [0.1, 0.15) is 53.7 Å². The molecule has 3 aromatic rings. The number of nitrogens with zero attached hydrogens (tertiary/aromatic N) is 2. The third kappa shape index (κ3) is 5.50.